The highest BCUT2D eigenvalue weighted by Crippen LogP contribution is 2.34. The number of amides is 1. The Bertz CT molecular complexity index is 480. The normalized spacial score (nSPS) is 28.6. The summed E-state index contributed by atoms with van der Waals surface area (Å²) in [6, 6.07) is 0. The quantitative estimate of drug-likeness (QED) is 0.742. The Kier molecular flexibility index (Phi) is 5.54. The van der Waals surface area contributed by atoms with Gasteiger partial charge in [-0.3, -0.25) is 4.79 Å². The van der Waals surface area contributed by atoms with Gasteiger partial charge < -0.3 is 11.1 Å². The van der Waals surface area contributed by atoms with Crippen LogP contribution in [0.5, 0.6) is 0 Å². The van der Waals surface area contributed by atoms with E-state index in [4.69, 9.17) is 18.0 Å². The van der Waals surface area contributed by atoms with E-state index in [1.165, 1.54) is 6.92 Å². The van der Waals surface area contributed by atoms with Crippen LogP contribution in [0.3, 0.4) is 0 Å². The van der Waals surface area contributed by atoms with E-state index in [0.29, 0.717) is 18.8 Å². The van der Waals surface area contributed by atoms with Crippen molar-refractivity contribution >= 4 is 33.0 Å². The van der Waals surface area contributed by atoms with Crippen LogP contribution in [0.15, 0.2) is 0 Å². The van der Waals surface area contributed by atoms with E-state index in [1.54, 1.807) is 0 Å². The van der Waals surface area contributed by atoms with E-state index >= 15 is 0 Å². The number of rotatable bonds is 5. The second-order valence-electron chi connectivity index (χ2n) is 5.76. The Morgan fingerprint density at radius 1 is 1.45 bits per heavy atom. The molecule has 1 unspecified atom stereocenters. The zero-order valence-corrected chi connectivity index (χ0v) is 13.9. The average molecular weight is 320 g/mol. The molecule has 3 N–H and O–H groups in total. The van der Waals surface area contributed by atoms with Crippen LogP contribution < -0.4 is 11.1 Å². The SMILES string of the molecule is CCC1CCC(NC(=O)C(C)S(C)(=O)=O)(C(N)=S)CC1. The van der Waals surface area contributed by atoms with Gasteiger partial charge in [0.05, 0.1) is 10.5 Å². The van der Waals surface area contributed by atoms with Crippen molar-refractivity contribution in [3.05, 3.63) is 0 Å². The summed E-state index contributed by atoms with van der Waals surface area (Å²) in [4.78, 5) is 12.4. The molecule has 7 heteroatoms. The standard InChI is InChI=1S/C13H24N2O3S2/c1-4-10-5-7-13(8-6-10,12(14)19)15-11(16)9(2)20(3,17)18/h9-10H,4-8H2,1-3H3,(H2,14,19)(H,15,16). The lowest BCUT2D eigenvalue weighted by Crippen LogP contribution is -2.60. The predicted octanol–water partition coefficient (Wildman–Crippen LogP) is 1.16. The number of hydrogen-bond acceptors (Lipinski definition) is 4. The van der Waals surface area contributed by atoms with Crippen molar-refractivity contribution in [3.8, 4) is 0 Å². The predicted molar refractivity (Wildman–Crippen MR) is 84.2 cm³/mol. The third-order valence-corrected chi connectivity index (χ3v) is 6.27. The molecule has 0 bridgehead atoms. The summed E-state index contributed by atoms with van der Waals surface area (Å²) in [7, 11) is -3.42. The highest BCUT2D eigenvalue weighted by atomic mass is 32.2. The minimum Gasteiger partial charge on any atom is -0.391 e. The maximum Gasteiger partial charge on any atom is 0.238 e. The van der Waals surface area contributed by atoms with Crippen molar-refractivity contribution < 1.29 is 13.2 Å². The number of nitrogens with one attached hydrogen (secondary N) is 1. The highest BCUT2D eigenvalue weighted by Gasteiger charge is 2.40. The van der Waals surface area contributed by atoms with Crippen LogP contribution in [0.25, 0.3) is 0 Å². The number of thiocarbonyl (C=S) groups is 1. The fourth-order valence-electron chi connectivity index (χ4n) is 2.54. The fraction of sp³-hybridized carbons (Fsp3) is 0.846. The number of carbonyl (C=O) groups excluding carboxylic acids is 1. The lowest BCUT2D eigenvalue weighted by Gasteiger charge is -2.40. The first-order valence-electron chi connectivity index (χ1n) is 6.93. The van der Waals surface area contributed by atoms with Crippen molar-refractivity contribution in [1.82, 2.24) is 5.32 Å². The van der Waals surface area contributed by atoms with Crippen LogP contribution in [0.1, 0.15) is 46.0 Å². The Hall–Kier alpha value is -0.690. The second-order valence-corrected chi connectivity index (χ2v) is 8.56. The van der Waals surface area contributed by atoms with Gasteiger partial charge in [-0.2, -0.15) is 0 Å². The maximum absolute atomic E-state index is 12.1. The molecule has 0 saturated heterocycles. The lowest BCUT2D eigenvalue weighted by atomic mass is 9.75. The van der Waals surface area contributed by atoms with Crippen molar-refractivity contribution in [2.45, 2.75) is 56.7 Å². The van der Waals surface area contributed by atoms with Gasteiger partial charge >= 0.3 is 0 Å². The van der Waals surface area contributed by atoms with E-state index in [9.17, 15) is 13.2 Å². The summed E-state index contributed by atoms with van der Waals surface area (Å²) < 4.78 is 22.9. The molecule has 0 aromatic carbocycles. The summed E-state index contributed by atoms with van der Waals surface area (Å²) >= 11 is 5.11. The maximum atomic E-state index is 12.1. The molecular formula is C13H24N2O3S2. The van der Waals surface area contributed by atoms with Crippen molar-refractivity contribution in [2.75, 3.05) is 6.26 Å². The van der Waals surface area contributed by atoms with Gasteiger partial charge in [0.2, 0.25) is 5.91 Å². The van der Waals surface area contributed by atoms with Crippen LogP contribution in [-0.2, 0) is 14.6 Å². The smallest absolute Gasteiger partial charge is 0.238 e. The monoisotopic (exact) mass is 320 g/mol. The molecule has 0 spiro atoms. The first kappa shape index (κ1) is 17.4. The third kappa shape index (κ3) is 3.91. The zero-order chi connectivity index (χ0) is 15.6. The van der Waals surface area contributed by atoms with E-state index in [2.05, 4.69) is 12.2 Å². The van der Waals surface area contributed by atoms with Gasteiger partial charge in [0.15, 0.2) is 9.84 Å². The van der Waals surface area contributed by atoms with E-state index in [-0.39, 0.29) is 4.99 Å². The molecule has 0 aromatic rings. The third-order valence-electron chi connectivity index (χ3n) is 4.38. The molecule has 5 nitrogen and oxygen atoms in total. The van der Waals surface area contributed by atoms with Gasteiger partial charge in [0.25, 0.3) is 0 Å². The van der Waals surface area contributed by atoms with Gasteiger partial charge in [0, 0.05) is 6.26 Å². The molecule has 0 aromatic heterocycles. The Labute approximate surface area is 126 Å². The topological polar surface area (TPSA) is 89.3 Å². The van der Waals surface area contributed by atoms with E-state index < -0.39 is 26.5 Å². The summed E-state index contributed by atoms with van der Waals surface area (Å²) in [6.45, 7) is 3.53. The van der Waals surface area contributed by atoms with Crippen LogP contribution in [0.4, 0.5) is 0 Å². The Morgan fingerprint density at radius 3 is 2.30 bits per heavy atom. The molecule has 0 aliphatic heterocycles. The Balaban J connectivity index is 2.84. The van der Waals surface area contributed by atoms with E-state index in [1.807, 2.05) is 0 Å². The summed E-state index contributed by atoms with van der Waals surface area (Å²) in [5, 5.41) is 1.71. The van der Waals surface area contributed by atoms with Gasteiger partial charge in [-0.25, -0.2) is 8.42 Å². The first-order chi connectivity index (χ1) is 9.12. The largest absolute Gasteiger partial charge is 0.391 e. The minimum atomic E-state index is -3.42. The number of nitrogens with two attached hydrogens (primary N) is 1. The molecule has 1 aliphatic carbocycles. The first-order valence-corrected chi connectivity index (χ1v) is 9.29. The van der Waals surface area contributed by atoms with Crippen molar-refractivity contribution in [3.63, 3.8) is 0 Å². The number of hydrogen-bond donors (Lipinski definition) is 2. The molecule has 1 saturated carbocycles. The van der Waals surface area contributed by atoms with Crippen LogP contribution >= 0.6 is 12.2 Å². The summed E-state index contributed by atoms with van der Waals surface area (Å²) in [6.07, 6.45) is 5.41. The van der Waals surface area contributed by atoms with Crippen LogP contribution in [-0.4, -0.2) is 36.4 Å². The minimum absolute atomic E-state index is 0.251. The van der Waals surface area contributed by atoms with Gasteiger partial charge in [-0.15, -0.1) is 0 Å². The second kappa shape index (κ2) is 6.39. The number of sulfone groups is 1. The van der Waals surface area contributed by atoms with Crippen LogP contribution in [0, 0.1) is 5.92 Å². The van der Waals surface area contributed by atoms with Gasteiger partial charge in [-0.05, 0) is 38.5 Å². The molecule has 1 amide bonds. The fourth-order valence-corrected chi connectivity index (χ4v) is 3.25. The van der Waals surface area contributed by atoms with Gasteiger partial charge in [0.1, 0.15) is 5.25 Å². The molecule has 20 heavy (non-hydrogen) atoms. The van der Waals surface area contributed by atoms with Gasteiger partial charge in [-0.1, -0.05) is 25.6 Å². The zero-order valence-electron chi connectivity index (χ0n) is 12.3. The Morgan fingerprint density at radius 2 is 1.95 bits per heavy atom. The number of carbonyl (C=O) groups is 1. The summed E-state index contributed by atoms with van der Waals surface area (Å²) in [5.74, 6) is 0.108. The molecular weight excluding hydrogens is 296 g/mol. The molecule has 0 heterocycles. The van der Waals surface area contributed by atoms with Crippen molar-refractivity contribution in [2.24, 2.45) is 11.7 Å². The molecule has 1 aliphatic rings. The molecule has 1 atom stereocenters. The summed E-state index contributed by atoms with van der Waals surface area (Å²) in [5.41, 5.74) is 5.09. The molecule has 0 radical (unpaired) electrons. The lowest BCUT2D eigenvalue weighted by molar-refractivity contribution is -0.122. The van der Waals surface area contributed by atoms with E-state index in [0.717, 1.165) is 25.5 Å². The highest BCUT2D eigenvalue weighted by molar-refractivity contribution is 7.92. The van der Waals surface area contributed by atoms with Crippen molar-refractivity contribution in [1.29, 1.82) is 0 Å². The molecule has 1 fully saturated rings. The average Bonchev–Trinajstić information content (AvgIpc) is 2.37. The molecule has 116 valence electrons. The molecule has 1 rings (SSSR count). The van der Waals surface area contributed by atoms with Crippen LogP contribution in [0.2, 0.25) is 0 Å².